The summed E-state index contributed by atoms with van der Waals surface area (Å²) in [5, 5.41) is 3.00. The molecule has 0 aliphatic carbocycles. The number of hydrogen-bond acceptors (Lipinski definition) is 6. The number of nitrogens with two attached hydrogens (primary N) is 2. The number of rotatable bonds is 7. The number of hydrogen-bond donors (Lipinski definition) is 3. The second-order valence-corrected chi connectivity index (χ2v) is 6.40. The van der Waals surface area contributed by atoms with Crippen molar-refractivity contribution in [3.8, 4) is 0 Å². The number of guanidine groups is 1. The molecule has 0 unspecified atom stereocenters. The van der Waals surface area contributed by atoms with Gasteiger partial charge in [-0.15, -0.1) is 12.4 Å². The molecular formula is C17H22ClN5O3S. The van der Waals surface area contributed by atoms with E-state index in [1.807, 2.05) is 24.3 Å². The van der Waals surface area contributed by atoms with Crippen molar-refractivity contribution in [2.24, 2.45) is 16.5 Å². The van der Waals surface area contributed by atoms with Crippen molar-refractivity contribution in [3.63, 3.8) is 0 Å². The fourth-order valence-electron chi connectivity index (χ4n) is 2.23. The molecule has 2 aromatic rings. The van der Waals surface area contributed by atoms with Gasteiger partial charge in [-0.05, 0) is 37.5 Å². The van der Waals surface area contributed by atoms with Crippen LogP contribution in [0.5, 0.6) is 0 Å². The number of esters is 1. The van der Waals surface area contributed by atoms with E-state index in [0.717, 1.165) is 16.9 Å². The molecular weight excluding hydrogens is 390 g/mol. The van der Waals surface area contributed by atoms with Gasteiger partial charge >= 0.3 is 5.97 Å². The maximum atomic E-state index is 12.1. The van der Waals surface area contributed by atoms with Gasteiger partial charge < -0.3 is 21.5 Å². The summed E-state index contributed by atoms with van der Waals surface area (Å²) in [7, 11) is 0. The van der Waals surface area contributed by atoms with Crippen LogP contribution in [-0.2, 0) is 22.4 Å². The molecule has 10 heteroatoms. The number of thiazole rings is 1. The lowest BCUT2D eigenvalue weighted by atomic mass is 10.1. The molecule has 0 atom stereocenters. The van der Waals surface area contributed by atoms with E-state index in [2.05, 4.69) is 15.3 Å². The molecule has 146 valence electrons. The number of amides is 1. The molecule has 8 nitrogen and oxygen atoms in total. The summed E-state index contributed by atoms with van der Waals surface area (Å²) < 4.78 is 5.07. The van der Waals surface area contributed by atoms with Crippen molar-refractivity contribution >= 4 is 52.4 Å². The highest BCUT2D eigenvalue weighted by Crippen LogP contribution is 2.25. The Morgan fingerprint density at radius 2 is 1.89 bits per heavy atom. The maximum absolute atomic E-state index is 12.1. The molecule has 27 heavy (non-hydrogen) atoms. The van der Waals surface area contributed by atoms with Gasteiger partial charge in [-0.2, -0.15) is 0 Å². The van der Waals surface area contributed by atoms with Gasteiger partial charge in [-0.3, -0.25) is 4.79 Å². The van der Waals surface area contributed by atoms with E-state index < -0.39 is 5.97 Å². The van der Waals surface area contributed by atoms with Crippen LogP contribution in [0.15, 0.2) is 29.3 Å². The van der Waals surface area contributed by atoms with E-state index in [0.29, 0.717) is 34.2 Å². The predicted molar refractivity (Wildman–Crippen MR) is 109 cm³/mol. The van der Waals surface area contributed by atoms with E-state index in [1.165, 1.54) is 6.92 Å². The topological polar surface area (TPSA) is 133 Å². The highest BCUT2D eigenvalue weighted by atomic mass is 35.5. The third-order valence-corrected chi connectivity index (χ3v) is 4.28. The highest BCUT2D eigenvalue weighted by Gasteiger charge is 2.19. The van der Waals surface area contributed by atoms with Crippen molar-refractivity contribution < 1.29 is 14.3 Å². The lowest BCUT2D eigenvalue weighted by molar-refractivity contribution is -0.114. The summed E-state index contributed by atoms with van der Waals surface area (Å²) in [6, 6.07) is 7.44. The largest absolute Gasteiger partial charge is 0.462 e. The molecule has 0 saturated heterocycles. The third kappa shape index (κ3) is 6.87. The maximum Gasteiger partial charge on any atom is 0.350 e. The zero-order chi connectivity index (χ0) is 19.1. The Hall–Kier alpha value is -2.65. The van der Waals surface area contributed by atoms with Crippen LogP contribution in [-0.4, -0.2) is 29.4 Å². The second-order valence-electron chi connectivity index (χ2n) is 5.40. The van der Waals surface area contributed by atoms with Gasteiger partial charge in [0.25, 0.3) is 0 Å². The number of benzene rings is 1. The lowest BCUT2D eigenvalue weighted by Crippen LogP contribution is -2.21. The van der Waals surface area contributed by atoms with Gasteiger partial charge in [-0.25, -0.2) is 14.8 Å². The van der Waals surface area contributed by atoms with E-state index in [9.17, 15) is 9.59 Å². The van der Waals surface area contributed by atoms with Crippen molar-refractivity contribution in [2.45, 2.75) is 26.7 Å². The molecule has 2 rings (SSSR count). The van der Waals surface area contributed by atoms with Crippen LogP contribution in [0.4, 0.5) is 10.8 Å². The first-order valence-corrected chi connectivity index (χ1v) is 8.83. The van der Waals surface area contributed by atoms with E-state index in [1.54, 1.807) is 6.92 Å². The van der Waals surface area contributed by atoms with Crippen molar-refractivity contribution in [1.82, 2.24) is 4.98 Å². The number of anilines is 1. The van der Waals surface area contributed by atoms with Gasteiger partial charge in [0.05, 0.1) is 18.0 Å². The molecule has 0 saturated carbocycles. The minimum Gasteiger partial charge on any atom is -0.462 e. The number of aryl methyl sites for hydroxylation is 2. The zero-order valence-corrected chi connectivity index (χ0v) is 16.7. The average molecular weight is 412 g/mol. The number of nitrogens with zero attached hydrogens (tertiary/aromatic N) is 2. The quantitative estimate of drug-likeness (QED) is 0.364. The molecule has 1 heterocycles. The minimum atomic E-state index is -0.431. The summed E-state index contributed by atoms with van der Waals surface area (Å²) in [5.74, 6) is -0.666. The van der Waals surface area contributed by atoms with Gasteiger partial charge in [-0.1, -0.05) is 23.5 Å². The van der Waals surface area contributed by atoms with Crippen molar-refractivity contribution in [1.29, 1.82) is 0 Å². The van der Waals surface area contributed by atoms with Crippen LogP contribution in [0.25, 0.3) is 0 Å². The lowest BCUT2D eigenvalue weighted by Gasteiger charge is -2.03. The van der Waals surface area contributed by atoms with Crippen LogP contribution in [0, 0.1) is 0 Å². The van der Waals surface area contributed by atoms with Crippen LogP contribution in [0.1, 0.15) is 34.8 Å². The molecule has 1 aromatic carbocycles. The Balaban J connectivity index is 0.00000364. The highest BCUT2D eigenvalue weighted by molar-refractivity contribution is 7.17. The normalized spacial score (nSPS) is 9.85. The van der Waals surface area contributed by atoms with Crippen LogP contribution in [0.2, 0.25) is 0 Å². The first-order valence-electron chi connectivity index (χ1n) is 8.02. The van der Waals surface area contributed by atoms with Gasteiger partial charge in [0.15, 0.2) is 11.1 Å². The Kier molecular flexibility index (Phi) is 8.70. The monoisotopic (exact) mass is 411 g/mol. The number of aromatic nitrogens is 1. The standard InChI is InChI=1S/C17H21N5O3S.ClH/c1-3-25-15(24)14-13(22-17(26-14)20-10(2)23)9-6-11-4-7-12(8-5-11)21-16(18)19;/h4-5,7-8H,3,6,9H2,1-2H3,(H4,18,19,21)(H,20,22,23);1H. The van der Waals surface area contributed by atoms with Crippen molar-refractivity contribution in [3.05, 3.63) is 40.4 Å². The zero-order valence-electron chi connectivity index (χ0n) is 15.0. The smallest absolute Gasteiger partial charge is 0.350 e. The Morgan fingerprint density at radius 3 is 2.44 bits per heavy atom. The van der Waals surface area contributed by atoms with E-state index in [4.69, 9.17) is 16.2 Å². The van der Waals surface area contributed by atoms with E-state index in [-0.39, 0.29) is 30.9 Å². The van der Waals surface area contributed by atoms with Gasteiger partial charge in [0.1, 0.15) is 4.88 Å². The molecule has 0 fully saturated rings. The molecule has 1 amide bonds. The number of ether oxygens (including phenoxy) is 1. The summed E-state index contributed by atoms with van der Waals surface area (Å²) >= 11 is 1.12. The summed E-state index contributed by atoms with van der Waals surface area (Å²) in [4.78, 5) is 32.1. The molecule has 0 spiro atoms. The summed E-state index contributed by atoms with van der Waals surface area (Å²) in [6.07, 6.45) is 1.20. The Bertz CT molecular complexity index is 816. The summed E-state index contributed by atoms with van der Waals surface area (Å²) in [5.41, 5.74) is 13.0. The Labute approximate surface area is 167 Å². The van der Waals surface area contributed by atoms with Crippen LogP contribution >= 0.6 is 23.7 Å². The molecule has 0 aliphatic heterocycles. The SMILES string of the molecule is CCOC(=O)c1sc(NC(C)=O)nc1CCc1ccc(N=C(N)N)cc1.Cl. The number of aliphatic imine (C=N–C) groups is 1. The molecule has 0 radical (unpaired) electrons. The number of carbonyl (C=O) groups is 2. The Morgan fingerprint density at radius 1 is 1.22 bits per heavy atom. The van der Waals surface area contributed by atoms with Crippen molar-refractivity contribution in [2.75, 3.05) is 11.9 Å². The van der Waals surface area contributed by atoms with Gasteiger partial charge in [0.2, 0.25) is 5.91 Å². The molecule has 0 bridgehead atoms. The second kappa shape index (κ2) is 10.5. The van der Waals surface area contributed by atoms with Crippen LogP contribution in [0.3, 0.4) is 0 Å². The van der Waals surface area contributed by atoms with Gasteiger partial charge in [0, 0.05) is 6.92 Å². The summed E-state index contributed by atoms with van der Waals surface area (Å²) in [6.45, 7) is 3.41. The molecule has 1 aromatic heterocycles. The average Bonchev–Trinajstić information content (AvgIpc) is 2.96. The predicted octanol–water partition coefficient (Wildman–Crippen LogP) is 2.39. The van der Waals surface area contributed by atoms with E-state index >= 15 is 0 Å². The molecule has 5 N–H and O–H groups in total. The number of carbonyl (C=O) groups excluding carboxylic acids is 2. The number of halogens is 1. The minimum absolute atomic E-state index is 0. The fourth-order valence-corrected chi connectivity index (χ4v) is 3.18. The first-order chi connectivity index (χ1) is 12.4. The van der Waals surface area contributed by atoms with Crippen LogP contribution < -0.4 is 16.8 Å². The third-order valence-electron chi connectivity index (χ3n) is 3.29. The fraction of sp³-hybridized carbons (Fsp3) is 0.294. The molecule has 0 aliphatic rings. The first kappa shape index (κ1) is 22.4. The number of nitrogens with one attached hydrogen (secondary N) is 1.